The van der Waals surface area contributed by atoms with E-state index in [0.717, 1.165) is 42.2 Å². The number of rotatable bonds is 3. The summed E-state index contributed by atoms with van der Waals surface area (Å²) in [4.78, 5) is 16.9. The fourth-order valence-corrected chi connectivity index (χ4v) is 7.16. The van der Waals surface area contributed by atoms with Crippen molar-refractivity contribution < 1.29 is 22.7 Å². The van der Waals surface area contributed by atoms with Crippen LogP contribution in [-0.4, -0.2) is 28.6 Å². The SMILES string of the molecule is C[C@H]1OC(=O)C2CC3CSCCC3C(/C=C/c3ccc(-c4cccc(C(F)(F)F)c4)cn3)C21. The van der Waals surface area contributed by atoms with Crippen molar-refractivity contribution in [1.82, 2.24) is 4.98 Å². The molecule has 2 saturated heterocycles. The molecule has 33 heavy (non-hydrogen) atoms. The molecule has 1 aromatic carbocycles. The Labute approximate surface area is 195 Å². The largest absolute Gasteiger partial charge is 0.462 e. The lowest BCUT2D eigenvalue weighted by atomic mass is 9.60. The minimum atomic E-state index is -4.37. The van der Waals surface area contributed by atoms with Crippen molar-refractivity contribution in [3.8, 4) is 11.1 Å². The summed E-state index contributed by atoms with van der Waals surface area (Å²) in [5, 5.41) is 0. The molecule has 3 nitrogen and oxygen atoms in total. The summed E-state index contributed by atoms with van der Waals surface area (Å²) in [7, 11) is 0. The van der Waals surface area contributed by atoms with Gasteiger partial charge >= 0.3 is 12.1 Å². The van der Waals surface area contributed by atoms with Crippen LogP contribution < -0.4 is 0 Å². The Morgan fingerprint density at radius 3 is 2.79 bits per heavy atom. The molecule has 5 unspecified atom stereocenters. The number of esters is 1. The number of hydrogen-bond donors (Lipinski definition) is 0. The zero-order chi connectivity index (χ0) is 23.2. The number of allylic oxidation sites excluding steroid dienone is 1. The van der Waals surface area contributed by atoms with Gasteiger partial charge < -0.3 is 4.74 Å². The zero-order valence-electron chi connectivity index (χ0n) is 18.3. The van der Waals surface area contributed by atoms with Crippen LogP contribution in [0.2, 0.25) is 0 Å². The van der Waals surface area contributed by atoms with E-state index in [-0.39, 0.29) is 29.8 Å². The number of ether oxygens (including phenoxy) is 1. The Morgan fingerprint density at radius 2 is 2.03 bits per heavy atom. The third kappa shape index (κ3) is 4.44. The van der Waals surface area contributed by atoms with E-state index in [4.69, 9.17) is 4.74 Å². The van der Waals surface area contributed by atoms with Crippen LogP contribution in [0.4, 0.5) is 13.2 Å². The Kier molecular flexibility index (Phi) is 6.02. The van der Waals surface area contributed by atoms with Gasteiger partial charge in [0.2, 0.25) is 0 Å². The first kappa shape index (κ1) is 22.5. The average molecular weight is 474 g/mol. The summed E-state index contributed by atoms with van der Waals surface area (Å²) in [5.74, 6) is 3.72. The molecule has 174 valence electrons. The third-order valence-electron chi connectivity index (χ3n) is 7.44. The van der Waals surface area contributed by atoms with E-state index < -0.39 is 11.7 Å². The number of thioether (sulfide) groups is 1. The summed E-state index contributed by atoms with van der Waals surface area (Å²) >= 11 is 1.98. The minimum Gasteiger partial charge on any atom is -0.462 e. The molecule has 0 radical (unpaired) electrons. The Hall–Kier alpha value is -2.28. The summed E-state index contributed by atoms with van der Waals surface area (Å²) in [6, 6.07) is 8.92. The monoisotopic (exact) mass is 473 g/mol. The molecular weight excluding hydrogens is 447 g/mol. The Morgan fingerprint density at radius 1 is 1.18 bits per heavy atom. The van der Waals surface area contributed by atoms with Crippen LogP contribution in [0.1, 0.15) is 31.0 Å². The zero-order valence-corrected chi connectivity index (χ0v) is 19.1. The molecule has 1 saturated carbocycles. The number of fused-ring (bicyclic) bond motifs is 2. The fourth-order valence-electron chi connectivity index (χ4n) is 5.87. The van der Waals surface area contributed by atoms with E-state index in [1.807, 2.05) is 30.8 Å². The van der Waals surface area contributed by atoms with Crippen LogP contribution in [0, 0.1) is 29.6 Å². The van der Waals surface area contributed by atoms with Gasteiger partial charge in [-0.3, -0.25) is 9.78 Å². The maximum Gasteiger partial charge on any atom is 0.416 e. The van der Waals surface area contributed by atoms with Gasteiger partial charge in [-0.05, 0) is 78.9 Å². The molecule has 3 aliphatic rings. The van der Waals surface area contributed by atoms with Crippen LogP contribution in [0.15, 0.2) is 48.7 Å². The molecular formula is C26H26F3NO2S. The van der Waals surface area contributed by atoms with E-state index in [9.17, 15) is 18.0 Å². The van der Waals surface area contributed by atoms with Crippen LogP contribution in [0.25, 0.3) is 17.2 Å². The molecule has 2 aliphatic heterocycles. The number of nitrogens with zero attached hydrogens (tertiary/aromatic N) is 1. The highest BCUT2D eigenvalue weighted by atomic mass is 32.2. The quantitative estimate of drug-likeness (QED) is 0.487. The standard InChI is InChI=1S/C26H26F3NO2S/c1-15-24-22(21-9-10-33-14-18(21)12-23(24)25(31)32-15)8-7-20-6-5-17(13-30-20)16-3-2-4-19(11-16)26(27,28)29/h2-8,11,13,15,18,21-24H,9-10,12,14H2,1H3/b8-7+/t15-,18?,21?,22?,23?,24?/m1/s1. The normalized spacial score (nSPS) is 31.8. The number of cyclic esters (lactones) is 1. The molecule has 1 aliphatic carbocycles. The maximum atomic E-state index is 13.0. The summed E-state index contributed by atoms with van der Waals surface area (Å²) in [6.45, 7) is 2.00. The topological polar surface area (TPSA) is 39.2 Å². The van der Waals surface area contributed by atoms with Gasteiger partial charge in [0.05, 0.1) is 17.2 Å². The highest BCUT2D eigenvalue weighted by Gasteiger charge is 2.53. The van der Waals surface area contributed by atoms with Crippen LogP contribution >= 0.6 is 11.8 Å². The van der Waals surface area contributed by atoms with Crippen LogP contribution in [0.5, 0.6) is 0 Å². The van der Waals surface area contributed by atoms with Crippen molar-refractivity contribution in [1.29, 1.82) is 0 Å². The number of aromatic nitrogens is 1. The van der Waals surface area contributed by atoms with Crippen LogP contribution in [-0.2, 0) is 15.7 Å². The molecule has 2 aromatic rings. The van der Waals surface area contributed by atoms with Gasteiger partial charge in [0, 0.05) is 17.7 Å². The van der Waals surface area contributed by atoms with E-state index >= 15 is 0 Å². The van der Waals surface area contributed by atoms with E-state index in [1.165, 1.54) is 6.07 Å². The van der Waals surface area contributed by atoms with Crippen LogP contribution in [0.3, 0.4) is 0 Å². The lowest BCUT2D eigenvalue weighted by Crippen LogP contribution is -2.44. The molecule has 7 heteroatoms. The number of benzene rings is 1. The van der Waals surface area contributed by atoms with E-state index in [0.29, 0.717) is 23.0 Å². The molecule has 0 spiro atoms. The second-order valence-electron chi connectivity index (χ2n) is 9.34. The smallest absolute Gasteiger partial charge is 0.416 e. The van der Waals surface area contributed by atoms with Gasteiger partial charge in [0.1, 0.15) is 6.10 Å². The number of halogens is 3. The van der Waals surface area contributed by atoms with Crippen molar-refractivity contribution in [3.63, 3.8) is 0 Å². The average Bonchev–Trinajstić information content (AvgIpc) is 3.09. The molecule has 3 heterocycles. The number of hydrogen-bond acceptors (Lipinski definition) is 4. The number of alkyl halides is 3. The van der Waals surface area contributed by atoms with Crippen molar-refractivity contribution >= 4 is 23.8 Å². The first-order chi connectivity index (χ1) is 15.8. The molecule has 0 amide bonds. The number of pyridine rings is 1. The van der Waals surface area contributed by atoms with Gasteiger partial charge in [-0.2, -0.15) is 24.9 Å². The second-order valence-corrected chi connectivity index (χ2v) is 10.5. The van der Waals surface area contributed by atoms with Gasteiger partial charge in [0.15, 0.2) is 0 Å². The molecule has 5 rings (SSSR count). The molecule has 1 aromatic heterocycles. The van der Waals surface area contributed by atoms with Gasteiger partial charge in [0.25, 0.3) is 0 Å². The first-order valence-electron chi connectivity index (χ1n) is 11.4. The Balaban J connectivity index is 1.38. The maximum absolute atomic E-state index is 13.0. The number of carbonyl (C=O) groups is 1. The predicted octanol–water partition coefficient (Wildman–Crippen LogP) is 6.35. The van der Waals surface area contributed by atoms with E-state index in [1.54, 1.807) is 18.3 Å². The lowest BCUT2D eigenvalue weighted by Gasteiger charge is -2.45. The van der Waals surface area contributed by atoms with E-state index in [2.05, 4.69) is 11.1 Å². The number of carbonyl (C=O) groups excluding carboxylic acids is 1. The van der Waals surface area contributed by atoms with Crippen molar-refractivity contribution in [2.75, 3.05) is 11.5 Å². The second kappa shape index (κ2) is 8.82. The molecule has 0 N–H and O–H groups in total. The van der Waals surface area contributed by atoms with Crippen molar-refractivity contribution in [2.24, 2.45) is 29.6 Å². The summed E-state index contributed by atoms with van der Waals surface area (Å²) in [5.41, 5.74) is 1.22. The molecule has 6 atom stereocenters. The predicted molar refractivity (Wildman–Crippen MR) is 123 cm³/mol. The summed E-state index contributed by atoms with van der Waals surface area (Å²) < 4.78 is 44.7. The fraction of sp³-hybridized carbons (Fsp3) is 0.462. The third-order valence-corrected chi connectivity index (χ3v) is 8.63. The highest BCUT2D eigenvalue weighted by Crippen LogP contribution is 2.52. The Bertz CT molecular complexity index is 1050. The molecule has 0 bridgehead atoms. The van der Waals surface area contributed by atoms with Gasteiger partial charge in [-0.25, -0.2) is 0 Å². The first-order valence-corrected chi connectivity index (χ1v) is 12.6. The molecule has 3 fully saturated rings. The van der Waals surface area contributed by atoms with Crippen molar-refractivity contribution in [3.05, 3.63) is 59.9 Å². The minimum absolute atomic E-state index is 0.0224. The van der Waals surface area contributed by atoms with Gasteiger partial charge in [-0.1, -0.05) is 24.3 Å². The highest BCUT2D eigenvalue weighted by molar-refractivity contribution is 7.99. The summed E-state index contributed by atoms with van der Waals surface area (Å²) in [6.07, 6.45) is 3.44. The van der Waals surface area contributed by atoms with Gasteiger partial charge in [-0.15, -0.1) is 0 Å². The lowest BCUT2D eigenvalue weighted by molar-refractivity contribution is -0.144. The van der Waals surface area contributed by atoms with Crippen molar-refractivity contribution in [2.45, 2.75) is 32.0 Å².